The fourth-order valence-electron chi connectivity index (χ4n) is 0.915. The smallest absolute Gasteiger partial charge is 0.324 e. The summed E-state index contributed by atoms with van der Waals surface area (Å²) in [6, 6.07) is 0. The maximum Gasteiger partial charge on any atom is 0.324 e. The molecule has 0 saturated heterocycles. The number of carbonyl (C=O) groups excluding carboxylic acids is 1. The van der Waals surface area contributed by atoms with Crippen LogP contribution in [-0.4, -0.2) is 39.8 Å². The summed E-state index contributed by atoms with van der Waals surface area (Å²) in [6.45, 7) is 7.77. The van der Waals surface area contributed by atoms with E-state index < -0.39 is 11.4 Å². The highest BCUT2D eigenvalue weighted by atomic mass is 32.2. The summed E-state index contributed by atoms with van der Waals surface area (Å²) in [6.07, 6.45) is 0. The summed E-state index contributed by atoms with van der Waals surface area (Å²) < 4.78 is 17.6. The van der Waals surface area contributed by atoms with Crippen molar-refractivity contribution in [2.24, 2.45) is 0 Å². The third kappa shape index (κ3) is 4.83. The molecule has 0 heterocycles. The first-order chi connectivity index (χ1) is 6.29. The summed E-state index contributed by atoms with van der Waals surface area (Å²) >= 11 is -1.17. The minimum atomic E-state index is -1.17. The number of nitrogens with zero attached hydrogens (tertiary/aromatic N) is 1. The molecule has 14 heavy (non-hydrogen) atoms. The molecule has 0 rings (SSSR count). The molecular weight excluding hydrogens is 202 g/mol. The number of carbonyl (C=O) groups is 1. The van der Waals surface area contributed by atoms with Gasteiger partial charge in [0.25, 0.3) is 0 Å². The molecular formula is C9H19NO3S. The second kappa shape index (κ2) is 5.58. The van der Waals surface area contributed by atoms with Gasteiger partial charge in [-0.1, -0.05) is 0 Å². The number of likely N-dealkylation sites (N-methyl/N-ethyl adjacent to an activating group) is 1. The topological polar surface area (TPSA) is 52.6 Å². The van der Waals surface area contributed by atoms with E-state index in [-0.39, 0.29) is 17.3 Å². The van der Waals surface area contributed by atoms with Gasteiger partial charge in [0.15, 0.2) is 0 Å². The SMILES string of the molecule is CCOC(=O)CN(C)[S+]([O-])C(C)(C)C. The molecule has 0 N–H and O–H groups in total. The largest absolute Gasteiger partial charge is 0.597 e. The lowest BCUT2D eigenvalue weighted by molar-refractivity contribution is -0.143. The molecule has 0 aliphatic carbocycles. The molecule has 0 aromatic rings. The van der Waals surface area contributed by atoms with Crippen LogP contribution in [0.5, 0.6) is 0 Å². The Bertz CT molecular complexity index is 191. The summed E-state index contributed by atoms with van der Waals surface area (Å²) in [4.78, 5) is 11.1. The van der Waals surface area contributed by atoms with Crippen molar-refractivity contribution in [1.29, 1.82) is 0 Å². The Hall–Kier alpha value is -0.260. The Kier molecular flexibility index (Phi) is 5.48. The van der Waals surface area contributed by atoms with Crippen LogP contribution >= 0.6 is 0 Å². The van der Waals surface area contributed by atoms with Crippen LogP contribution in [0.1, 0.15) is 27.7 Å². The van der Waals surface area contributed by atoms with Crippen LogP contribution < -0.4 is 0 Å². The van der Waals surface area contributed by atoms with E-state index in [1.807, 2.05) is 20.8 Å². The molecule has 1 atom stereocenters. The number of rotatable bonds is 4. The molecule has 84 valence electrons. The van der Waals surface area contributed by atoms with Gasteiger partial charge < -0.3 is 9.29 Å². The van der Waals surface area contributed by atoms with Crippen LogP contribution in [0, 0.1) is 0 Å². The van der Waals surface area contributed by atoms with Crippen molar-refractivity contribution in [1.82, 2.24) is 4.31 Å². The molecule has 0 aromatic carbocycles. The van der Waals surface area contributed by atoms with Crippen LogP contribution in [0.2, 0.25) is 0 Å². The summed E-state index contributed by atoms with van der Waals surface area (Å²) in [5.41, 5.74) is 0. The summed E-state index contributed by atoms with van der Waals surface area (Å²) in [5.74, 6) is -0.340. The Labute approximate surface area is 88.9 Å². The van der Waals surface area contributed by atoms with Crippen molar-refractivity contribution in [3.8, 4) is 0 Å². The highest BCUT2D eigenvalue weighted by molar-refractivity contribution is 7.90. The van der Waals surface area contributed by atoms with Crippen molar-refractivity contribution in [3.05, 3.63) is 0 Å². The predicted octanol–water partition coefficient (Wildman–Crippen LogP) is 0.944. The van der Waals surface area contributed by atoms with Crippen molar-refractivity contribution in [3.63, 3.8) is 0 Å². The number of hydrogen-bond donors (Lipinski definition) is 0. The third-order valence-corrected chi connectivity index (χ3v) is 3.21. The Morgan fingerprint density at radius 1 is 1.50 bits per heavy atom. The van der Waals surface area contributed by atoms with E-state index in [0.717, 1.165) is 0 Å². The van der Waals surface area contributed by atoms with Crippen molar-refractivity contribution in [2.75, 3.05) is 20.2 Å². The first kappa shape index (κ1) is 13.7. The van der Waals surface area contributed by atoms with Gasteiger partial charge in [-0.2, -0.15) is 0 Å². The summed E-state index contributed by atoms with van der Waals surface area (Å²) in [5, 5.41) is 0. The lowest BCUT2D eigenvalue weighted by atomic mass is 10.3. The van der Waals surface area contributed by atoms with E-state index in [0.29, 0.717) is 6.61 Å². The van der Waals surface area contributed by atoms with Gasteiger partial charge in [0.2, 0.25) is 0 Å². The lowest BCUT2D eigenvalue weighted by Crippen LogP contribution is -2.43. The average Bonchev–Trinajstić information content (AvgIpc) is 2.01. The first-order valence-corrected chi connectivity index (χ1v) is 5.68. The molecule has 0 saturated carbocycles. The lowest BCUT2D eigenvalue weighted by Gasteiger charge is -2.29. The van der Waals surface area contributed by atoms with Crippen LogP contribution in [0.25, 0.3) is 0 Å². The number of ether oxygens (including phenoxy) is 1. The molecule has 0 amide bonds. The zero-order valence-corrected chi connectivity index (χ0v) is 10.3. The molecule has 5 heteroatoms. The third-order valence-electron chi connectivity index (χ3n) is 1.46. The zero-order chi connectivity index (χ0) is 11.4. The van der Waals surface area contributed by atoms with Crippen molar-refractivity contribution < 1.29 is 14.1 Å². The zero-order valence-electron chi connectivity index (χ0n) is 9.49. The van der Waals surface area contributed by atoms with Gasteiger partial charge in [-0.25, -0.2) is 0 Å². The maximum atomic E-state index is 11.7. The Balaban J connectivity index is 4.08. The van der Waals surface area contributed by atoms with E-state index >= 15 is 0 Å². The van der Waals surface area contributed by atoms with Gasteiger partial charge in [-0.3, -0.25) is 4.79 Å². The molecule has 0 aromatic heterocycles. The minimum absolute atomic E-state index is 0.0672. The number of esters is 1. The Morgan fingerprint density at radius 2 is 2.00 bits per heavy atom. The number of hydrogen-bond acceptors (Lipinski definition) is 4. The first-order valence-electron chi connectivity index (χ1n) is 4.57. The average molecular weight is 221 g/mol. The fourth-order valence-corrected chi connectivity index (χ4v) is 2.07. The second-order valence-corrected chi connectivity index (χ2v) is 6.30. The van der Waals surface area contributed by atoms with Gasteiger partial charge in [0.1, 0.15) is 11.3 Å². The highest BCUT2D eigenvalue weighted by Gasteiger charge is 2.31. The van der Waals surface area contributed by atoms with E-state index in [9.17, 15) is 9.35 Å². The van der Waals surface area contributed by atoms with Crippen LogP contribution in [-0.2, 0) is 20.9 Å². The van der Waals surface area contributed by atoms with Crippen molar-refractivity contribution >= 4 is 17.3 Å². The molecule has 4 nitrogen and oxygen atoms in total. The van der Waals surface area contributed by atoms with E-state index in [1.54, 1.807) is 14.0 Å². The predicted molar refractivity (Wildman–Crippen MR) is 57.2 cm³/mol. The van der Waals surface area contributed by atoms with Gasteiger partial charge in [0.05, 0.1) is 6.61 Å². The maximum absolute atomic E-state index is 11.7. The molecule has 0 aliphatic rings. The van der Waals surface area contributed by atoms with E-state index in [4.69, 9.17) is 4.74 Å². The van der Waals surface area contributed by atoms with Gasteiger partial charge >= 0.3 is 5.97 Å². The molecule has 0 aliphatic heterocycles. The molecule has 0 radical (unpaired) electrons. The van der Waals surface area contributed by atoms with Crippen LogP contribution in [0.4, 0.5) is 0 Å². The quantitative estimate of drug-likeness (QED) is 0.524. The normalized spacial score (nSPS) is 14.2. The standard InChI is InChI=1S/C9H19NO3S/c1-6-13-8(11)7-10(5)14(12)9(2,3)4/h6-7H2,1-5H3. The highest BCUT2D eigenvalue weighted by Crippen LogP contribution is 2.18. The van der Waals surface area contributed by atoms with Gasteiger partial charge in [-0.15, -0.1) is 4.31 Å². The minimum Gasteiger partial charge on any atom is -0.597 e. The van der Waals surface area contributed by atoms with Crippen molar-refractivity contribution in [2.45, 2.75) is 32.4 Å². The van der Waals surface area contributed by atoms with E-state index in [1.165, 1.54) is 4.31 Å². The van der Waals surface area contributed by atoms with Crippen LogP contribution in [0.3, 0.4) is 0 Å². The Morgan fingerprint density at radius 3 is 2.36 bits per heavy atom. The second-order valence-electron chi connectivity index (χ2n) is 3.95. The fraction of sp³-hybridized carbons (Fsp3) is 0.889. The molecule has 1 unspecified atom stereocenters. The van der Waals surface area contributed by atoms with Gasteiger partial charge in [0, 0.05) is 18.4 Å². The monoisotopic (exact) mass is 221 g/mol. The van der Waals surface area contributed by atoms with Crippen LogP contribution in [0.15, 0.2) is 0 Å². The van der Waals surface area contributed by atoms with E-state index in [2.05, 4.69) is 0 Å². The molecule has 0 bridgehead atoms. The van der Waals surface area contributed by atoms with Gasteiger partial charge in [-0.05, 0) is 27.7 Å². The summed E-state index contributed by atoms with van der Waals surface area (Å²) in [7, 11) is 1.65. The molecule has 0 fully saturated rings. The molecule has 0 spiro atoms.